The Morgan fingerprint density at radius 3 is 2.47 bits per heavy atom. The highest BCUT2D eigenvalue weighted by Gasteiger charge is 2.20. The van der Waals surface area contributed by atoms with Gasteiger partial charge in [-0.25, -0.2) is 4.39 Å². The Balaban J connectivity index is 2.94. The molecular weight excluding hydrogens is 245 g/mol. The zero-order valence-corrected chi connectivity index (χ0v) is 10.8. The molecule has 0 amide bonds. The standard InChI is InChI=1S/C10H16FN3O2S/c1-7(2)14(3)17(15,16)13-8-4-5-9(11)10(12)6-8/h4-7,13H,12H2,1-3H3. The van der Waals surface area contributed by atoms with Gasteiger partial charge in [-0.05, 0) is 32.0 Å². The second kappa shape index (κ2) is 4.89. The van der Waals surface area contributed by atoms with Crippen LogP contribution in [-0.4, -0.2) is 25.8 Å². The van der Waals surface area contributed by atoms with Gasteiger partial charge < -0.3 is 5.73 Å². The number of anilines is 2. The van der Waals surface area contributed by atoms with E-state index in [0.29, 0.717) is 0 Å². The van der Waals surface area contributed by atoms with Crippen LogP contribution >= 0.6 is 0 Å². The van der Waals surface area contributed by atoms with E-state index in [0.717, 1.165) is 6.07 Å². The van der Waals surface area contributed by atoms with E-state index in [1.165, 1.54) is 23.5 Å². The zero-order chi connectivity index (χ0) is 13.2. The smallest absolute Gasteiger partial charge is 0.301 e. The minimum Gasteiger partial charge on any atom is -0.396 e. The Bertz CT molecular complexity index is 502. The topological polar surface area (TPSA) is 75.4 Å². The lowest BCUT2D eigenvalue weighted by molar-refractivity contribution is 0.414. The van der Waals surface area contributed by atoms with Crippen molar-refractivity contribution in [3.63, 3.8) is 0 Å². The summed E-state index contributed by atoms with van der Waals surface area (Å²) in [7, 11) is -2.18. The van der Waals surface area contributed by atoms with Gasteiger partial charge in [0, 0.05) is 13.1 Å². The van der Waals surface area contributed by atoms with E-state index in [2.05, 4.69) is 4.72 Å². The molecule has 1 rings (SSSR count). The quantitative estimate of drug-likeness (QED) is 0.804. The molecule has 0 saturated carbocycles. The first-order chi connectivity index (χ1) is 7.74. The molecule has 1 aromatic rings. The van der Waals surface area contributed by atoms with Crippen molar-refractivity contribution in [1.82, 2.24) is 4.31 Å². The van der Waals surface area contributed by atoms with Crippen LogP contribution in [0.4, 0.5) is 15.8 Å². The van der Waals surface area contributed by atoms with Gasteiger partial charge in [0.15, 0.2) is 0 Å². The van der Waals surface area contributed by atoms with Crippen LogP contribution in [0.25, 0.3) is 0 Å². The van der Waals surface area contributed by atoms with Gasteiger partial charge in [0.2, 0.25) is 0 Å². The molecular formula is C10H16FN3O2S. The summed E-state index contributed by atoms with van der Waals surface area (Å²) >= 11 is 0. The lowest BCUT2D eigenvalue weighted by Crippen LogP contribution is -2.37. The maximum atomic E-state index is 12.9. The fourth-order valence-electron chi connectivity index (χ4n) is 1.11. The van der Waals surface area contributed by atoms with Crippen LogP contribution in [0.5, 0.6) is 0 Å². The maximum absolute atomic E-state index is 12.9. The van der Waals surface area contributed by atoms with Crippen LogP contribution in [0.3, 0.4) is 0 Å². The third-order valence-corrected chi connectivity index (χ3v) is 4.02. The molecule has 3 N–H and O–H groups in total. The Morgan fingerprint density at radius 1 is 1.41 bits per heavy atom. The van der Waals surface area contributed by atoms with E-state index in [9.17, 15) is 12.8 Å². The van der Waals surface area contributed by atoms with E-state index in [-0.39, 0.29) is 17.4 Å². The van der Waals surface area contributed by atoms with Crippen LogP contribution in [0.15, 0.2) is 18.2 Å². The summed E-state index contributed by atoms with van der Waals surface area (Å²) in [5.74, 6) is -0.579. The first-order valence-corrected chi connectivity index (χ1v) is 6.49. The first kappa shape index (κ1) is 13.7. The van der Waals surface area contributed by atoms with Crippen molar-refractivity contribution in [3.8, 4) is 0 Å². The van der Waals surface area contributed by atoms with E-state index < -0.39 is 16.0 Å². The van der Waals surface area contributed by atoms with Crippen LogP contribution in [0.1, 0.15) is 13.8 Å². The third-order valence-electron chi connectivity index (χ3n) is 2.35. The van der Waals surface area contributed by atoms with Gasteiger partial charge in [0.25, 0.3) is 0 Å². The number of halogens is 1. The fourth-order valence-corrected chi connectivity index (χ4v) is 2.23. The monoisotopic (exact) mass is 261 g/mol. The number of nitrogens with zero attached hydrogens (tertiary/aromatic N) is 1. The largest absolute Gasteiger partial charge is 0.396 e. The minimum atomic E-state index is -3.64. The average molecular weight is 261 g/mol. The van der Waals surface area contributed by atoms with E-state index >= 15 is 0 Å². The Labute approximate surface area is 101 Å². The molecule has 5 nitrogen and oxygen atoms in total. The summed E-state index contributed by atoms with van der Waals surface area (Å²) in [6.45, 7) is 3.50. The highest BCUT2D eigenvalue weighted by atomic mass is 32.2. The zero-order valence-electron chi connectivity index (χ0n) is 9.94. The van der Waals surface area contributed by atoms with E-state index in [1.807, 2.05) is 0 Å². The van der Waals surface area contributed by atoms with Gasteiger partial charge >= 0.3 is 10.2 Å². The highest BCUT2D eigenvalue weighted by Crippen LogP contribution is 2.18. The van der Waals surface area contributed by atoms with Gasteiger partial charge in [-0.2, -0.15) is 12.7 Å². The van der Waals surface area contributed by atoms with Crippen molar-refractivity contribution in [2.45, 2.75) is 19.9 Å². The molecule has 0 aliphatic carbocycles. The van der Waals surface area contributed by atoms with Gasteiger partial charge in [-0.15, -0.1) is 0 Å². The van der Waals surface area contributed by atoms with E-state index in [4.69, 9.17) is 5.73 Å². The molecule has 96 valence electrons. The van der Waals surface area contributed by atoms with Crippen molar-refractivity contribution in [3.05, 3.63) is 24.0 Å². The number of rotatable bonds is 4. The normalized spacial score (nSPS) is 12.1. The molecule has 0 radical (unpaired) electrons. The number of benzene rings is 1. The first-order valence-electron chi connectivity index (χ1n) is 5.05. The minimum absolute atomic E-state index is 0.0996. The van der Waals surface area contributed by atoms with Crippen LogP contribution in [-0.2, 0) is 10.2 Å². The second-order valence-corrected chi connectivity index (χ2v) is 5.68. The molecule has 17 heavy (non-hydrogen) atoms. The molecule has 1 aromatic carbocycles. The molecule has 0 unspecified atom stereocenters. The van der Waals surface area contributed by atoms with Gasteiger partial charge in [0.1, 0.15) is 5.82 Å². The second-order valence-electron chi connectivity index (χ2n) is 3.95. The van der Waals surface area contributed by atoms with Crippen molar-refractivity contribution < 1.29 is 12.8 Å². The van der Waals surface area contributed by atoms with Crippen LogP contribution in [0, 0.1) is 5.82 Å². The SMILES string of the molecule is CC(C)N(C)S(=O)(=O)Nc1ccc(F)c(N)c1. The predicted octanol–water partition coefficient (Wildman–Crippen LogP) is 1.40. The molecule has 0 atom stereocenters. The molecule has 0 aliphatic heterocycles. The average Bonchev–Trinajstić information content (AvgIpc) is 2.22. The Kier molecular flexibility index (Phi) is 3.94. The lowest BCUT2D eigenvalue weighted by Gasteiger charge is -2.21. The molecule has 0 fully saturated rings. The lowest BCUT2D eigenvalue weighted by atomic mass is 10.3. The van der Waals surface area contributed by atoms with Crippen molar-refractivity contribution in [1.29, 1.82) is 0 Å². The van der Waals surface area contributed by atoms with E-state index in [1.54, 1.807) is 13.8 Å². The third kappa shape index (κ3) is 3.31. The van der Waals surface area contributed by atoms with Crippen LogP contribution < -0.4 is 10.5 Å². The van der Waals surface area contributed by atoms with Gasteiger partial charge in [0.05, 0.1) is 11.4 Å². The number of hydrogen-bond acceptors (Lipinski definition) is 3. The summed E-state index contributed by atoms with van der Waals surface area (Å²) in [6, 6.07) is 3.49. The van der Waals surface area contributed by atoms with Crippen molar-refractivity contribution >= 4 is 21.6 Å². The number of nitrogen functional groups attached to an aromatic ring is 1. The molecule has 7 heteroatoms. The fraction of sp³-hybridized carbons (Fsp3) is 0.400. The number of nitrogens with two attached hydrogens (primary N) is 1. The predicted molar refractivity (Wildman–Crippen MR) is 66.3 cm³/mol. The van der Waals surface area contributed by atoms with Crippen molar-refractivity contribution in [2.75, 3.05) is 17.5 Å². The van der Waals surface area contributed by atoms with Crippen LogP contribution in [0.2, 0.25) is 0 Å². The Hall–Kier alpha value is -1.34. The van der Waals surface area contributed by atoms with Gasteiger partial charge in [-0.3, -0.25) is 4.72 Å². The van der Waals surface area contributed by atoms with Gasteiger partial charge in [-0.1, -0.05) is 0 Å². The number of nitrogens with one attached hydrogen (secondary N) is 1. The molecule has 0 heterocycles. The molecule has 0 aliphatic rings. The van der Waals surface area contributed by atoms with Crippen molar-refractivity contribution in [2.24, 2.45) is 0 Å². The summed E-state index contributed by atoms with van der Waals surface area (Å²) < 4.78 is 40.0. The maximum Gasteiger partial charge on any atom is 0.301 e. The summed E-state index contributed by atoms with van der Waals surface area (Å²) in [5.41, 5.74) is 5.49. The molecule has 0 bridgehead atoms. The Morgan fingerprint density at radius 2 is 2.00 bits per heavy atom. The highest BCUT2D eigenvalue weighted by molar-refractivity contribution is 7.90. The summed E-state index contributed by atoms with van der Waals surface area (Å²) in [4.78, 5) is 0. The number of hydrogen-bond donors (Lipinski definition) is 2. The summed E-state index contributed by atoms with van der Waals surface area (Å²) in [6.07, 6.45) is 0. The molecule has 0 aromatic heterocycles. The summed E-state index contributed by atoms with van der Waals surface area (Å²) in [5, 5.41) is 0. The molecule has 0 spiro atoms. The molecule has 0 saturated heterocycles.